The summed E-state index contributed by atoms with van der Waals surface area (Å²) >= 11 is 6.04. The molecule has 1 aliphatic heterocycles. The maximum atomic E-state index is 13.1. The van der Waals surface area contributed by atoms with Gasteiger partial charge in [0.15, 0.2) is 0 Å². The third-order valence-corrected chi connectivity index (χ3v) is 4.86. The van der Waals surface area contributed by atoms with Gasteiger partial charge in [-0.3, -0.25) is 4.79 Å². The van der Waals surface area contributed by atoms with Crippen LogP contribution < -0.4 is 10.2 Å². The van der Waals surface area contributed by atoms with Crippen LogP contribution in [-0.4, -0.2) is 19.0 Å². The van der Waals surface area contributed by atoms with E-state index in [1.807, 2.05) is 11.8 Å². The molecule has 1 N–H and O–H groups in total. The number of nitrogens with zero attached hydrogens (tertiary/aromatic N) is 1. The number of halogens is 4. The van der Waals surface area contributed by atoms with E-state index < -0.39 is 17.6 Å². The molecule has 2 aromatic rings. The Morgan fingerprint density at radius 2 is 1.81 bits per heavy atom. The van der Waals surface area contributed by atoms with Gasteiger partial charge in [-0.05, 0) is 55.7 Å². The number of hydrogen-bond donors (Lipinski definition) is 1. The summed E-state index contributed by atoms with van der Waals surface area (Å²) in [6.07, 6.45) is -2.53. The lowest BCUT2D eigenvalue weighted by Crippen LogP contribution is -2.22. The molecule has 0 radical (unpaired) electrons. The van der Waals surface area contributed by atoms with Gasteiger partial charge in [0, 0.05) is 23.7 Å². The van der Waals surface area contributed by atoms with Crippen molar-refractivity contribution in [3.05, 3.63) is 58.1 Å². The summed E-state index contributed by atoms with van der Waals surface area (Å²) in [5, 5.41) is 3.06. The zero-order chi connectivity index (χ0) is 18.9. The van der Waals surface area contributed by atoms with Gasteiger partial charge in [0.2, 0.25) is 0 Å². The topological polar surface area (TPSA) is 32.3 Å². The van der Waals surface area contributed by atoms with Crippen molar-refractivity contribution in [3.8, 4) is 0 Å². The van der Waals surface area contributed by atoms with Gasteiger partial charge >= 0.3 is 6.18 Å². The number of amides is 1. The smallest absolute Gasteiger partial charge is 0.370 e. The van der Waals surface area contributed by atoms with E-state index in [2.05, 4.69) is 5.32 Å². The summed E-state index contributed by atoms with van der Waals surface area (Å²) in [6, 6.07) is 8.26. The first-order chi connectivity index (χ1) is 12.3. The third kappa shape index (κ3) is 3.96. The molecule has 0 bridgehead atoms. The molecule has 1 heterocycles. The zero-order valence-electron chi connectivity index (χ0n) is 14.2. The Morgan fingerprint density at radius 3 is 2.42 bits per heavy atom. The van der Waals surface area contributed by atoms with Crippen molar-refractivity contribution >= 4 is 28.9 Å². The van der Waals surface area contributed by atoms with E-state index in [4.69, 9.17) is 11.6 Å². The first-order valence-electron chi connectivity index (χ1n) is 8.29. The van der Waals surface area contributed by atoms with Crippen LogP contribution in [0.25, 0.3) is 0 Å². The Hall–Kier alpha value is -2.21. The van der Waals surface area contributed by atoms with E-state index in [-0.39, 0.29) is 5.69 Å². The fourth-order valence-electron chi connectivity index (χ4n) is 2.97. The highest BCUT2D eigenvalue weighted by atomic mass is 35.5. The minimum atomic E-state index is -4.48. The second-order valence-electron chi connectivity index (χ2n) is 6.34. The molecule has 138 valence electrons. The second-order valence-corrected chi connectivity index (χ2v) is 6.75. The average Bonchev–Trinajstić information content (AvgIpc) is 3.10. The monoisotopic (exact) mass is 382 g/mol. The van der Waals surface area contributed by atoms with Crippen LogP contribution in [0, 0.1) is 6.92 Å². The lowest BCUT2D eigenvalue weighted by atomic mass is 10.1. The van der Waals surface area contributed by atoms with E-state index in [1.54, 1.807) is 12.1 Å². The molecular formula is C19H18ClF3N2O. The van der Waals surface area contributed by atoms with Crippen molar-refractivity contribution in [2.75, 3.05) is 23.3 Å². The summed E-state index contributed by atoms with van der Waals surface area (Å²) in [5.74, 6) is -0.494. The first-order valence-corrected chi connectivity index (χ1v) is 8.67. The first kappa shape index (κ1) is 18.6. The van der Waals surface area contributed by atoms with Crippen molar-refractivity contribution in [2.24, 2.45) is 0 Å². The Balaban J connectivity index is 1.95. The summed E-state index contributed by atoms with van der Waals surface area (Å²) in [6.45, 7) is 3.32. The number of aryl methyl sites for hydroxylation is 1. The molecule has 1 aliphatic rings. The number of rotatable bonds is 3. The molecule has 0 aromatic heterocycles. The molecule has 0 atom stereocenters. The Morgan fingerprint density at radius 1 is 1.12 bits per heavy atom. The fraction of sp³-hybridized carbons (Fsp3) is 0.316. The van der Waals surface area contributed by atoms with Gasteiger partial charge in [-0.25, -0.2) is 0 Å². The van der Waals surface area contributed by atoms with Gasteiger partial charge in [0.25, 0.3) is 5.91 Å². The number of benzene rings is 2. The predicted molar refractivity (Wildman–Crippen MR) is 97.0 cm³/mol. The SMILES string of the molecule is Cc1ccc(C(=O)Nc2cc(C(F)(F)F)ccc2N2CCCC2)cc1Cl. The number of hydrogen-bond acceptors (Lipinski definition) is 2. The highest BCUT2D eigenvalue weighted by molar-refractivity contribution is 6.31. The van der Waals surface area contributed by atoms with Crippen molar-refractivity contribution in [3.63, 3.8) is 0 Å². The van der Waals surface area contributed by atoms with E-state index in [0.29, 0.717) is 16.3 Å². The number of anilines is 2. The molecule has 2 aromatic carbocycles. The third-order valence-electron chi connectivity index (χ3n) is 4.45. The lowest BCUT2D eigenvalue weighted by molar-refractivity contribution is -0.137. The van der Waals surface area contributed by atoms with Crippen LogP contribution in [0.5, 0.6) is 0 Å². The standard InChI is InChI=1S/C19H18ClF3N2O/c1-12-4-5-13(10-15(12)20)18(26)24-16-11-14(19(21,22)23)6-7-17(16)25-8-2-3-9-25/h4-7,10-11H,2-3,8-9H2,1H3,(H,24,26). The summed E-state index contributed by atoms with van der Waals surface area (Å²) in [4.78, 5) is 14.5. The van der Waals surface area contributed by atoms with Crippen LogP contribution in [0.2, 0.25) is 5.02 Å². The number of alkyl halides is 3. The van der Waals surface area contributed by atoms with Gasteiger partial charge in [0.1, 0.15) is 0 Å². The molecule has 1 amide bonds. The number of carbonyl (C=O) groups excluding carboxylic acids is 1. The van der Waals surface area contributed by atoms with Crippen LogP contribution in [0.1, 0.15) is 34.3 Å². The Labute approximate surface area is 154 Å². The van der Waals surface area contributed by atoms with Crippen molar-refractivity contribution in [1.29, 1.82) is 0 Å². The van der Waals surface area contributed by atoms with Crippen LogP contribution in [0.15, 0.2) is 36.4 Å². The summed E-state index contributed by atoms with van der Waals surface area (Å²) in [5.41, 5.74) is 1.08. The van der Waals surface area contributed by atoms with Crippen molar-refractivity contribution in [2.45, 2.75) is 25.9 Å². The van der Waals surface area contributed by atoms with Crippen LogP contribution in [0.4, 0.5) is 24.5 Å². The zero-order valence-corrected chi connectivity index (χ0v) is 14.9. The minimum absolute atomic E-state index is 0.156. The molecule has 26 heavy (non-hydrogen) atoms. The fourth-order valence-corrected chi connectivity index (χ4v) is 3.16. The molecule has 0 spiro atoms. The van der Waals surface area contributed by atoms with E-state index in [0.717, 1.165) is 43.6 Å². The summed E-state index contributed by atoms with van der Waals surface area (Å²) in [7, 11) is 0. The Kier molecular flexibility index (Phi) is 5.14. The molecule has 1 saturated heterocycles. The predicted octanol–water partition coefficient (Wildman–Crippen LogP) is 5.52. The van der Waals surface area contributed by atoms with E-state index in [9.17, 15) is 18.0 Å². The van der Waals surface area contributed by atoms with Crippen molar-refractivity contribution in [1.82, 2.24) is 0 Å². The quantitative estimate of drug-likeness (QED) is 0.758. The van der Waals surface area contributed by atoms with Gasteiger partial charge < -0.3 is 10.2 Å². The molecule has 0 unspecified atom stereocenters. The maximum Gasteiger partial charge on any atom is 0.416 e. The molecule has 1 fully saturated rings. The van der Waals surface area contributed by atoms with Crippen LogP contribution in [-0.2, 0) is 6.18 Å². The van der Waals surface area contributed by atoms with E-state index in [1.165, 1.54) is 12.1 Å². The second kappa shape index (κ2) is 7.19. The molecular weight excluding hydrogens is 365 g/mol. The van der Waals surface area contributed by atoms with Crippen LogP contribution >= 0.6 is 11.6 Å². The van der Waals surface area contributed by atoms with Crippen molar-refractivity contribution < 1.29 is 18.0 Å². The Bertz CT molecular complexity index is 830. The normalized spacial score (nSPS) is 14.6. The molecule has 7 heteroatoms. The van der Waals surface area contributed by atoms with Gasteiger partial charge in [-0.15, -0.1) is 0 Å². The highest BCUT2D eigenvalue weighted by Gasteiger charge is 2.32. The highest BCUT2D eigenvalue weighted by Crippen LogP contribution is 2.36. The average molecular weight is 383 g/mol. The van der Waals surface area contributed by atoms with E-state index >= 15 is 0 Å². The van der Waals surface area contributed by atoms with Gasteiger partial charge in [-0.2, -0.15) is 13.2 Å². The molecule has 0 saturated carbocycles. The van der Waals surface area contributed by atoms with Gasteiger partial charge in [0.05, 0.1) is 16.9 Å². The lowest BCUT2D eigenvalue weighted by Gasteiger charge is -2.23. The number of nitrogens with one attached hydrogen (secondary N) is 1. The maximum absolute atomic E-state index is 13.1. The largest absolute Gasteiger partial charge is 0.416 e. The number of carbonyl (C=O) groups is 1. The molecule has 3 nitrogen and oxygen atoms in total. The van der Waals surface area contributed by atoms with Crippen LogP contribution in [0.3, 0.4) is 0 Å². The summed E-state index contributed by atoms with van der Waals surface area (Å²) < 4.78 is 39.3. The molecule has 0 aliphatic carbocycles. The molecule has 3 rings (SSSR count). The minimum Gasteiger partial charge on any atom is -0.370 e. The van der Waals surface area contributed by atoms with Gasteiger partial charge in [-0.1, -0.05) is 17.7 Å².